The molecule has 0 amide bonds. The number of rotatable bonds is 3. The quantitative estimate of drug-likeness (QED) is 0.748. The second-order valence-electron chi connectivity index (χ2n) is 8.14. The highest BCUT2D eigenvalue weighted by Crippen LogP contribution is 2.31. The Labute approximate surface area is 163 Å². The van der Waals surface area contributed by atoms with Crippen molar-refractivity contribution in [3.63, 3.8) is 0 Å². The van der Waals surface area contributed by atoms with E-state index in [-0.39, 0.29) is 11.5 Å². The lowest BCUT2D eigenvalue weighted by Crippen LogP contribution is -2.25. The van der Waals surface area contributed by atoms with Gasteiger partial charge in [-0.2, -0.15) is 5.10 Å². The summed E-state index contributed by atoms with van der Waals surface area (Å²) in [5.74, 6) is 1.62. The minimum Gasteiger partial charge on any atom is -0.391 e. The molecular weight excluding hydrogens is 362 g/mol. The van der Waals surface area contributed by atoms with Crippen molar-refractivity contribution in [2.45, 2.75) is 45.3 Å². The van der Waals surface area contributed by atoms with Crippen LogP contribution in [0, 0.1) is 0 Å². The second kappa shape index (κ2) is 6.77. The minimum absolute atomic E-state index is 0.194. The van der Waals surface area contributed by atoms with Crippen molar-refractivity contribution >= 4 is 28.5 Å². The second-order valence-corrected chi connectivity index (χ2v) is 8.55. The first-order valence-corrected chi connectivity index (χ1v) is 9.61. The van der Waals surface area contributed by atoms with E-state index in [9.17, 15) is 5.11 Å². The molecule has 3 heterocycles. The van der Waals surface area contributed by atoms with Gasteiger partial charge in [0.05, 0.1) is 24.2 Å². The average molecular weight is 386 g/mol. The van der Waals surface area contributed by atoms with E-state index in [0.29, 0.717) is 18.1 Å². The van der Waals surface area contributed by atoms with Gasteiger partial charge in [0.1, 0.15) is 11.6 Å². The Hall–Kier alpha value is -2.18. The number of hydrogen-bond acceptors (Lipinski definition) is 5. The van der Waals surface area contributed by atoms with Crippen LogP contribution in [0.15, 0.2) is 30.5 Å². The summed E-state index contributed by atoms with van der Waals surface area (Å²) in [7, 11) is 0. The zero-order valence-corrected chi connectivity index (χ0v) is 16.6. The van der Waals surface area contributed by atoms with Gasteiger partial charge in [-0.1, -0.05) is 50.6 Å². The van der Waals surface area contributed by atoms with E-state index in [1.165, 1.54) is 0 Å². The molecule has 4 rings (SSSR count). The molecule has 6 nitrogen and oxygen atoms in total. The summed E-state index contributed by atoms with van der Waals surface area (Å²) in [4.78, 5) is 11.8. The summed E-state index contributed by atoms with van der Waals surface area (Å²) < 4.78 is 1.88. The molecule has 1 atom stereocenters. The number of β-amino-alcohol motifs (C(OH)–C–C–N with tert-alkyl or cyclic N) is 1. The Kier molecular flexibility index (Phi) is 4.56. The van der Waals surface area contributed by atoms with Gasteiger partial charge in [-0.25, -0.2) is 14.6 Å². The Bertz CT molecular complexity index is 978. The van der Waals surface area contributed by atoms with Crippen molar-refractivity contribution in [3.8, 4) is 0 Å². The molecule has 7 heteroatoms. The third kappa shape index (κ3) is 3.51. The van der Waals surface area contributed by atoms with E-state index in [1.807, 2.05) is 35.1 Å². The third-order valence-corrected chi connectivity index (χ3v) is 5.26. The highest BCUT2D eigenvalue weighted by molar-refractivity contribution is 6.31. The minimum atomic E-state index is -0.314. The van der Waals surface area contributed by atoms with E-state index in [4.69, 9.17) is 21.6 Å². The third-order valence-electron chi connectivity index (χ3n) is 4.89. The maximum absolute atomic E-state index is 9.97. The van der Waals surface area contributed by atoms with E-state index in [0.717, 1.165) is 41.2 Å². The van der Waals surface area contributed by atoms with Crippen LogP contribution in [0.3, 0.4) is 0 Å². The van der Waals surface area contributed by atoms with Crippen LogP contribution >= 0.6 is 11.6 Å². The Morgan fingerprint density at radius 2 is 2.00 bits per heavy atom. The first kappa shape index (κ1) is 18.2. The summed E-state index contributed by atoms with van der Waals surface area (Å²) in [6.45, 7) is 8.23. The molecule has 1 aliphatic heterocycles. The van der Waals surface area contributed by atoms with Crippen molar-refractivity contribution < 1.29 is 5.11 Å². The van der Waals surface area contributed by atoms with Gasteiger partial charge in [-0.3, -0.25) is 0 Å². The summed E-state index contributed by atoms with van der Waals surface area (Å²) in [6.07, 6.45) is 2.26. The monoisotopic (exact) mass is 385 g/mol. The average Bonchev–Trinajstić information content (AvgIpc) is 3.22. The maximum atomic E-state index is 9.97. The molecule has 1 aliphatic rings. The smallest absolute Gasteiger partial charge is 0.163 e. The van der Waals surface area contributed by atoms with E-state index >= 15 is 0 Å². The van der Waals surface area contributed by atoms with E-state index in [2.05, 4.69) is 30.8 Å². The van der Waals surface area contributed by atoms with Crippen molar-refractivity contribution in [1.29, 1.82) is 0 Å². The van der Waals surface area contributed by atoms with Crippen molar-refractivity contribution in [3.05, 3.63) is 46.9 Å². The normalized spacial score (nSPS) is 17.8. The van der Waals surface area contributed by atoms with Crippen LogP contribution in [0.5, 0.6) is 0 Å². The molecule has 1 unspecified atom stereocenters. The van der Waals surface area contributed by atoms with Gasteiger partial charge in [0, 0.05) is 23.5 Å². The molecule has 142 valence electrons. The molecule has 27 heavy (non-hydrogen) atoms. The molecule has 0 radical (unpaired) electrons. The predicted molar refractivity (Wildman–Crippen MR) is 107 cm³/mol. The molecule has 1 aromatic carbocycles. The lowest BCUT2D eigenvalue weighted by molar-refractivity contribution is 0.198. The standard InChI is InChI=1S/C20H24ClN5O/c1-20(2,3)19-23-17(25-9-8-14(27)12-25)15-10-22-26(18(15)24-19)11-13-6-4-5-7-16(13)21/h4-7,10,14,27H,8-9,11-12H2,1-3H3. The highest BCUT2D eigenvalue weighted by atomic mass is 35.5. The number of aliphatic hydroxyl groups excluding tert-OH is 1. The SMILES string of the molecule is CC(C)(C)c1nc(N2CCC(O)C2)c2cnn(Cc3ccccc3Cl)c2n1. The number of aliphatic hydroxyl groups is 1. The van der Waals surface area contributed by atoms with Crippen molar-refractivity contribution in [1.82, 2.24) is 19.7 Å². The number of aromatic nitrogens is 4. The van der Waals surface area contributed by atoms with Gasteiger partial charge in [-0.05, 0) is 18.1 Å². The molecular formula is C20H24ClN5O. The molecule has 1 saturated heterocycles. The molecule has 3 aromatic rings. The van der Waals surface area contributed by atoms with Crippen LogP contribution in [0.25, 0.3) is 11.0 Å². The lowest BCUT2D eigenvalue weighted by Gasteiger charge is -2.22. The molecule has 1 N–H and O–H groups in total. The van der Waals surface area contributed by atoms with Gasteiger partial charge in [0.25, 0.3) is 0 Å². The topological polar surface area (TPSA) is 67.1 Å². The fourth-order valence-corrected chi connectivity index (χ4v) is 3.55. The fourth-order valence-electron chi connectivity index (χ4n) is 3.35. The largest absolute Gasteiger partial charge is 0.391 e. The maximum Gasteiger partial charge on any atom is 0.163 e. The van der Waals surface area contributed by atoms with Crippen LogP contribution in [-0.2, 0) is 12.0 Å². The Morgan fingerprint density at radius 1 is 1.22 bits per heavy atom. The molecule has 0 saturated carbocycles. The zero-order chi connectivity index (χ0) is 19.2. The van der Waals surface area contributed by atoms with Crippen LogP contribution in [0.2, 0.25) is 5.02 Å². The summed E-state index contributed by atoms with van der Waals surface area (Å²) in [5, 5.41) is 16.2. The van der Waals surface area contributed by atoms with Gasteiger partial charge in [0.15, 0.2) is 5.65 Å². The van der Waals surface area contributed by atoms with Gasteiger partial charge in [-0.15, -0.1) is 0 Å². The number of benzene rings is 1. The van der Waals surface area contributed by atoms with Crippen LogP contribution < -0.4 is 4.90 Å². The van der Waals surface area contributed by atoms with Gasteiger partial charge in [0.2, 0.25) is 0 Å². The molecule has 0 bridgehead atoms. The first-order valence-electron chi connectivity index (χ1n) is 9.23. The Morgan fingerprint density at radius 3 is 2.67 bits per heavy atom. The molecule has 0 spiro atoms. The fraction of sp³-hybridized carbons (Fsp3) is 0.450. The summed E-state index contributed by atoms with van der Waals surface area (Å²) in [6, 6.07) is 7.78. The lowest BCUT2D eigenvalue weighted by atomic mass is 9.95. The van der Waals surface area contributed by atoms with Crippen molar-refractivity contribution in [2.75, 3.05) is 18.0 Å². The van der Waals surface area contributed by atoms with E-state index in [1.54, 1.807) is 0 Å². The Balaban J connectivity index is 1.84. The summed E-state index contributed by atoms with van der Waals surface area (Å²) >= 11 is 6.34. The molecule has 2 aromatic heterocycles. The number of anilines is 1. The molecule has 1 fully saturated rings. The number of halogens is 1. The zero-order valence-electron chi connectivity index (χ0n) is 15.9. The van der Waals surface area contributed by atoms with Crippen molar-refractivity contribution in [2.24, 2.45) is 0 Å². The van der Waals surface area contributed by atoms with E-state index < -0.39 is 0 Å². The van der Waals surface area contributed by atoms with Gasteiger partial charge < -0.3 is 10.0 Å². The highest BCUT2D eigenvalue weighted by Gasteiger charge is 2.28. The number of fused-ring (bicyclic) bond motifs is 1. The van der Waals surface area contributed by atoms with Crippen LogP contribution in [-0.4, -0.2) is 44.0 Å². The van der Waals surface area contributed by atoms with Crippen LogP contribution in [0.1, 0.15) is 38.6 Å². The van der Waals surface area contributed by atoms with Gasteiger partial charge >= 0.3 is 0 Å². The van der Waals surface area contributed by atoms with Crippen LogP contribution in [0.4, 0.5) is 5.82 Å². The molecule has 0 aliphatic carbocycles. The summed E-state index contributed by atoms with van der Waals surface area (Å²) in [5.41, 5.74) is 1.60. The predicted octanol–water partition coefficient (Wildman–Crippen LogP) is 3.40. The first-order chi connectivity index (χ1) is 12.8. The number of hydrogen-bond donors (Lipinski definition) is 1. The number of nitrogens with zero attached hydrogens (tertiary/aromatic N) is 5.